The summed E-state index contributed by atoms with van der Waals surface area (Å²) in [6.45, 7) is 1.96. The van der Waals surface area contributed by atoms with E-state index in [0.29, 0.717) is 27.0 Å². The fourth-order valence-corrected chi connectivity index (χ4v) is 4.86. The van der Waals surface area contributed by atoms with Crippen LogP contribution in [0.2, 0.25) is 0 Å². The molecule has 1 fully saturated rings. The monoisotopic (exact) mass is 425 g/mol. The van der Waals surface area contributed by atoms with Crippen LogP contribution < -0.4 is 0 Å². The van der Waals surface area contributed by atoms with Gasteiger partial charge in [0.2, 0.25) is 0 Å². The number of hydrogen-bond acceptors (Lipinski definition) is 8. The van der Waals surface area contributed by atoms with E-state index >= 15 is 0 Å². The summed E-state index contributed by atoms with van der Waals surface area (Å²) in [7, 11) is 0. The lowest BCUT2D eigenvalue weighted by Crippen LogP contribution is -2.11. The van der Waals surface area contributed by atoms with Gasteiger partial charge in [-0.15, -0.1) is 21.5 Å². The minimum absolute atomic E-state index is 0.136. The average molecular weight is 425 g/mol. The Bertz CT molecular complexity index is 1160. The SMILES string of the molecule is CCc1nnc(C2C(=N)SC(=Cc3ccc(-c4ccccc4C(=O)O)o3)C2=O)s1. The Hall–Kier alpha value is -3.04. The highest BCUT2D eigenvalue weighted by Gasteiger charge is 2.39. The lowest BCUT2D eigenvalue weighted by atomic mass is 10.1. The van der Waals surface area contributed by atoms with Crippen LogP contribution in [0.25, 0.3) is 17.4 Å². The van der Waals surface area contributed by atoms with Gasteiger partial charge >= 0.3 is 5.97 Å². The number of carboxylic acid groups (broad SMARTS) is 1. The molecule has 0 bridgehead atoms. The van der Waals surface area contributed by atoms with E-state index in [1.54, 1.807) is 36.4 Å². The van der Waals surface area contributed by atoms with Crippen molar-refractivity contribution in [3.05, 3.63) is 62.6 Å². The van der Waals surface area contributed by atoms with E-state index in [9.17, 15) is 14.7 Å². The summed E-state index contributed by atoms with van der Waals surface area (Å²) in [5, 5.41) is 27.2. The van der Waals surface area contributed by atoms with Crippen LogP contribution in [0.15, 0.2) is 45.7 Å². The minimum atomic E-state index is -1.04. The molecular weight excluding hydrogens is 410 g/mol. The summed E-state index contributed by atoms with van der Waals surface area (Å²) < 4.78 is 5.77. The fraction of sp³-hybridized carbons (Fsp3) is 0.150. The van der Waals surface area contributed by atoms with Crippen molar-refractivity contribution in [3.8, 4) is 11.3 Å². The van der Waals surface area contributed by atoms with E-state index in [1.807, 2.05) is 6.92 Å². The highest BCUT2D eigenvalue weighted by atomic mass is 32.2. The van der Waals surface area contributed by atoms with Crippen molar-refractivity contribution < 1.29 is 19.1 Å². The number of nitrogens with one attached hydrogen (secondary N) is 1. The summed E-state index contributed by atoms with van der Waals surface area (Å²) >= 11 is 2.43. The molecule has 2 aromatic heterocycles. The number of benzene rings is 1. The Balaban J connectivity index is 1.62. The van der Waals surface area contributed by atoms with Crippen LogP contribution in [0.1, 0.15) is 39.0 Å². The van der Waals surface area contributed by atoms with Crippen molar-refractivity contribution in [3.63, 3.8) is 0 Å². The van der Waals surface area contributed by atoms with Gasteiger partial charge in [0.1, 0.15) is 27.5 Å². The Morgan fingerprint density at radius 1 is 1.28 bits per heavy atom. The van der Waals surface area contributed by atoms with E-state index in [2.05, 4.69) is 10.2 Å². The van der Waals surface area contributed by atoms with E-state index < -0.39 is 11.9 Å². The second-order valence-electron chi connectivity index (χ2n) is 6.21. The molecule has 7 nitrogen and oxygen atoms in total. The van der Waals surface area contributed by atoms with Crippen molar-refractivity contribution in [1.29, 1.82) is 5.41 Å². The topological polar surface area (TPSA) is 117 Å². The Labute approximate surface area is 174 Å². The largest absolute Gasteiger partial charge is 0.478 e. The summed E-state index contributed by atoms with van der Waals surface area (Å²) in [5.74, 6) is -1.16. The summed E-state index contributed by atoms with van der Waals surface area (Å²) in [5.41, 5.74) is 0.596. The molecule has 1 saturated heterocycles. The maximum Gasteiger partial charge on any atom is 0.336 e. The van der Waals surface area contributed by atoms with Gasteiger partial charge < -0.3 is 9.52 Å². The molecule has 0 amide bonds. The first kappa shape index (κ1) is 19.3. The van der Waals surface area contributed by atoms with Crippen molar-refractivity contribution >= 4 is 46.0 Å². The third-order valence-corrected chi connectivity index (χ3v) is 6.47. The normalized spacial score (nSPS) is 18.0. The minimum Gasteiger partial charge on any atom is -0.478 e. The number of Topliss-reactive ketones (excluding diaryl/α,β-unsaturated/α-hetero) is 1. The van der Waals surface area contributed by atoms with Crippen LogP contribution in [0.3, 0.4) is 0 Å². The van der Waals surface area contributed by atoms with Gasteiger partial charge in [0.05, 0.1) is 15.5 Å². The molecule has 4 rings (SSSR count). The highest BCUT2D eigenvalue weighted by molar-refractivity contribution is 8.19. The Morgan fingerprint density at radius 2 is 2.07 bits per heavy atom. The van der Waals surface area contributed by atoms with Crippen molar-refractivity contribution in [2.75, 3.05) is 0 Å². The maximum atomic E-state index is 12.8. The van der Waals surface area contributed by atoms with E-state index in [1.165, 1.54) is 17.4 Å². The smallest absolute Gasteiger partial charge is 0.336 e. The molecule has 1 unspecified atom stereocenters. The van der Waals surface area contributed by atoms with E-state index in [-0.39, 0.29) is 16.4 Å². The van der Waals surface area contributed by atoms with Crippen LogP contribution in [0.5, 0.6) is 0 Å². The molecule has 0 aliphatic carbocycles. The number of carbonyl (C=O) groups excluding carboxylic acids is 1. The van der Waals surface area contributed by atoms with E-state index in [0.717, 1.165) is 23.2 Å². The second kappa shape index (κ2) is 7.76. The number of allylic oxidation sites excluding steroid dienone is 1. The Kier molecular flexibility index (Phi) is 5.16. The fourth-order valence-electron chi connectivity index (χ4n) is 2.93. The third-order valence-electron chi connectivity index (χ3n) is 4.34. The molecule has 2 N–H and O–H groups in total. The first-order chi connectivity index (χ1) is 14.0. The number of aryl methyl sites for hydroxylation is 1. The van der Waals surface area contributed by atoms with Gasteiger partial charge in [-0.1, -0.05) is 36.9 Å². The summed E-state index contributed by atoms with van der Waals surface area (Å²) in [4.78, 5) is 24.6. The number of rotatable bonds is 5. The molecule has 0 saturated carbocycles. The van der Waals surface area contributed by atoms with E-state index in [4.69, 9.17) is 9.83 Å². The van der Waals surface area contributed by atoms with Gasteiger partial charge in [0.15, 0.2) is 5.78 Å². The zero-order valence-electron chi connectivity index (χ0n) is 15.2. The Morgan fingerprint density at radius 3 is 2.79 bits per heavy atom. The molecule has 3 aromatic rings. The van der Waals surface area contributed by atoms with Crippen LogP contribution in [0, 0.1) is 5.41 Å². The zero-order valence-corrected chi connectivity index (χ0v) is 16.8. The van der Waals surface area contributed by atoms with Crippen LogP contribution in [0.4, 0.5) is 0 Å². The van der Waals surface area contributed by atoms with Crippen molar-refractivity contribution in [2.45, 2.75) is 19.3 Å². The molecule has 1 atom stereocenters. The molecule has 29 heavy (non-hydrogen) atoms. The van der Waals surface area contributed by atoms with Crippen molar-refractivity contribution in [1.82, 2.24) is 10.2 Å². The quantitative estimate of drug-likeness (QED) is 0.579. The molecule has 1 aliphatic rings. The number of aromatic nitrogens is 2. The average Bonchev–Trinajstić information content (AvgIpc) is 3.42. The van der Waals surface area contributed by atoms with Crippen LogP contribution in [-0.2, 0) is 11.2 Å². The standard InChI is InChI=1S/C20H15N3O4S2/c1-2-15-22-23-19(29-15)16-17(24)14(28-18(16)21)9-10-7-8-13(27-10)11-5-3-4-6-12(11)20(25)26/h3-9,16,21H,2H2,1H3,(H,25,26). The number of thioether (sulfide) groups is 1. The van der Waals surface area contributed by atoms with Gasteiger partial charge in [-0.2, -0.15) is 0 Å². The molecule has 1 aromatic carbocycles. The predicted molar refractivity (Wildman–Crippen MR) is 111 cm³/mol. The van der Waals surface area contributed by atoms with Gasteiger partial charge in [0, 0.05) is 5.56 Å². The molecule has 0 spiro atoms. The number of carbonyl (C=O) groups is 2. The number of hydrogen-bond donors (Lipinski definition) is 2. The number of aromatic carboxylic acids is 1. The first-order valence-corrected chi connectivity index (χ1v) is 10.4. The lowest BCUT2D eigenvalue weighted by molar-refractivity contribution is -0.114. The van der Waals surface area contributed by atoms with Crippen LogP contribution in [-0.4, -0.2) is 32.1 Å². The summed E-state index contributed by atoms with van der Waals surface area (Å²) in [6.07, 6.45) is 2.31. The molecular formula is C20H15N3O4S2. The highest BCUT2D eigenvalue weighted by Crippen LogP contribution is 2.41. The third kappa shape index (κ3) is 3.66. The molecule has 0 radical (unpaired) electrons. The molecule has 146 valence electrons. The predicted octanol–water partition coefficient (Wildman–Crippen LogP) is 4.48. The van der Waals surface area contributed by atoms with Gasteiger partial charge in [-0.05, 0) is 30.7 Å². The maximum absolute atomic E-state index is 12.8. The molecule has 9 heteroatoms. The first-order valence-electron chi connectivity index (χ1n) is 8.75. The zero-order chi connectivity index (χ0) is 20.5. The van der Waals surface area contributed by atoms with Crippen LogP contribution >= 0.6 is 23.1 Å². The summed E-state index contributed by atoms with van der Waals surface area (Å²) in [6, 6.07) is 9.90. The molecule has 1 aliphatic heterocycles. The van der Waals surface area contributed by atoms with Gasteiger partial charge in [0.25, 0.3) is 0 Å². The number of nitrogens with zero attached hydrogens (tertiary/aromatic N) is 2. The molecule has 3 heterocycles. The lowest BCUT2D eigenvalue weighted by Gasteiger charge is -2.02. The number of ketones is 1. The number of carboxylic acids is 1. The number of furan rings is 1. The van der Waals surface area contributed by atoms with Gasteiger partial charge in [-0.25, -0.2) is 4.79 Å². The van der Waals surface area contributed by atoms with Crippen molar-refractivity contribution in [2.24, 2.45) is 0 Å². The second-order valence-corrected chi connectivity index (χ2v) is 8.39. The van der Waals surface area contributed by atoms with Gasteiger partial charge in [-0.3, -0.25) is 10.2 Å².